The van der Waals surface area contributed by atoms with Crippen LogP contribution in [-0.4, -0.2) is 34.0 Å². The van der Waals surface area contributed by atoms with Crippen molar-refractivity contribution in [2.45, 2.75) is 64.9 Å². The van der Waals surface area contributed by atoms with Crippen molar-refractivity contribution in [1.29, 1.82) is 0 Å². The predicted molar refractivity (Wildman–Crippen MR) is 75.7 cm³/mol. The summed E-state index contributed by atoms with van der Waals surface area (Å²) >= 11 is 1.54. The van der Waals surface area contributed by atoms with Crippen LogP contribution in [0.4, 0.5) is 0 Å². The minimum atomic E-state index is -0.614. The lowest BCUT2D eigenvalue weighted by Crippen LogP contribution is -2.43. The smallest absolute Gasteiger partial charge is 0.328 e. The largest absolute Gasteiger partial charge is 0.458 e. The Kier molecular flexibility index (Phi) is 6.20. The molecule has 0 unspecified atom stereocenters. The topological polar surface area (TPSA) is 55.4 Å². The lowest BCUT2D eigenvalue weighted by molar-refractivity contribution is -0.157. The van der Waals surface area contributed by atoms with Crippen LogP contribution < -0.4 is 5.32 Å². The molecule has 0 spiro atoms. The Balaban J connectivity index is 4.12. The number of carbonyl (C=O) groups is 2. The maximum absolute atomic E-state index is 11.7. The van der Waals surface area contributed by atoms with Gasteiger partial charge in [0.15, 0.2) is 0 Å². The molecule has 0 saturated heterocycles. The molecule has 0 radical (unpaired) electrons. The normalized spacial score (nSPS) is 13.9. The van der Waals surface area contributed by atoms with Gasteiger partial charge in [-0.2, -0.15) is 0 Å². The number of amides is 1. The minimum Gasteiger partial charge on any atom is -0.458 e. The summed E-state index contributed by atoms with van der Waals surface area (Å²) in [5.74, 6) is -0.207. The summed E-state index contributed by atoms with van der Waals surface area (Å²) in [5, 5.41) is 2.64. The quantitative estimate of drug-likeness (QED) is 0.800. The fourth-order valence-corrected chi connectivity index (χ4v) is 1.66. The summed E-state index contributed by atoms with van der Waals surface area (Å²) < 4.78 is 5.22. The molecule has 18 heavy (non-hydrogen) atoms. The molecule has 0 aromatic carbocycles. The molecule has 0 rings (SSSR count). The average molecular weight is 275 g/mol. The van der Waals surface area contributed by atoms with Crippen LogP contribution in [0, 0.1) is 0 Å². The Hall–Kier alpha value is -0.710. The zero-order chi connectivity index (χ0) is 14.6. The number of nitrogens with one attached hydrogen (secondary N) is 1. The van der Waals surface area contributed by atoms with Crippen molar-refractivity contribution in [3.8, 4) is 0 Å². The summed E-state index contributed by atoms with van der Waals surface area (Å²) in [6.07, 6.45) is 0. The van der Waals surface area contributed by atoms with E-state index in [0.29, 0.717) is 5.75 Å². The fourth-order valence-electron chi connectivity index (χ4n) is 1.01. The van der Waals surface area contributed by atoms with E-state index in [4.69, 9.17) is 4.74 Å². The maximum Gasteiger partial charge on any atom is 0.328 e. The SMILES string of the molecule is C[C@@H](NC(=O)CSC(C)(C)C)C(=O)OC(C)(C)C. The molecule has 0 fully saturated rings. The van der Waals surface area contributed by atoms with Crippen molar-refractivity contribution < 1.29 is 14.3 Å². The van der Waals surface area contributed by atoms with Crippen LogP contribution in [0.5, 0.6) is 0 Å². The minimum absolute atomic E-state index is 0.0342. The highest BCUT2D eigenvalue weighted by Gasteiger charge is 2.23. The molecule has 0 aliphatic rings. The third kappa shape index (κ3) is 9.33. The Morgan fingerprint density at radius 1 is 1.17 bits per heavy atom. The number of esters is 1. The zero-order valence-electron chi connectivity index (χ0n) is 12.4. The van der Waals surface area contributed by atoms with E-state index in [-0.39, 0.29) is 10.7 Å². The monoisotopic (exact) mass is 275 g/mol. The molecule has 1 N–H and O–H groups in total. The van der Waals surface area contributed by atoms with Crippen LogP contribution in [0.1, 0.15) is 48.5 Å². The van der Waals surface area contributed by atoms with Gasteiger partial charge in [-0.15, -0.1) is 11.8 Å². The van der Waals surface area contributed by atoms with Crippen molar-refractivity contribution >= 4 is 23.6 Å². The lowest BCUT2D eigenvalue weighted by atomic mass is 10.2. The fraction of sp³-hybridized carbons (Fsp3) is 0.846. The van der Waals surface area contributed by atoms with E-state index in [9.17, 15) is 9.59 Å². The van der Waals surface area contributed by atoms with Crippen LogP contribution in [0.2, 0.25) is 0 Å². The van der Waals surface area contributed by atoms with E-state index >= 15 is 0 Å². The first-order chi connectivity index (χ1) is 7.91. The van der Waals surface area contributed by atoms with Crippen molar-refractivity contribution in [2.75, 3.05) is 5.75 Å². The van der Waals surface area contributed by atoms with E-state index in [1.54, 1.807) is 39.5 Å². The summed E-state index contributed by atoms with van der Waals surface area (Å²) in [6, 6.07) is -0.614. The molecule has 1 amide bonds. The zero-order valence-corrected chi connectivity index (χ0v) is 13.2. The molecular weight excluding hydrogens is 250 g/mol. The molecular formula is C13H25NO3S. The highest BCUT2D eigenvalue weighted by molar-refractivity contribution is 8.01. The van der Waals surface area contributed by atoms with Gasteiger partial charge in [0, 0.05) is 4.75 Å². The molecule has 0 aromatic heterocycles. The van der Waals surface area contributed by atoms with Gasteiger partial charge in [0.25, 0.3) is 0 Å². The molecule has 5 heteroatoms. The van der Waals surface area contributed by atoms with E-state index in [1.165, 1.54) is 0 Å². The Labute approximate surface area is 114 Å². The molecule has 0 aliphatic carbocycles. The second-order valence-electron chi connectivity index (χ2n) is 6.22. The number of ether oxygens (including phenoxy) is 1. The van der Waals surface area contributed by atoms with Crippen molar-refractivity contribution in [3.05, 3.63) is 0 Å². The first-order valence-corrected chi connectivity index (χ1v) is 7.05. The molecule has 0 heterocycles. The maximum atomic E-state index is 11.7. The van der Waals surface area contributed by atoms with Crippen molar-refractivity contribution in [1.82, 2.24) is 5.32 Å². The standard InChI is InChI=1S/C13H25NO3S/c1-9(11(16)17-12(2,3)4)14-10(15)8-18-13(5,6)7/h9H,8H2,1-7H3,(H,14,15)/t9-/m1/s1. The molecule has 106 valence electrons. The average Bonchev–Trinajstić information content (AvgIpc) is 2.10. The number of hydrogen-bond acceptors (Lipinski definition) is 4. The van der Waals surface area contributed by atoms with E-state index < -0.39 is 17.6 Å². The molecule has 0 aromatic rings. The Morgan fingerprint density at radius 2 is 1.67 bits per heavy atom. The lowest BCUT2D eigenvalue weighted by Gasteiger charge is -2.23. The number of hydrogen-bond donors (Lipinski definition) is 1. The third-order valence-corrected chi connectivity index (χ3v) is 3.05. The second-order valence-corrected chi connectivity index (χ2v) is 8.03. The van der Waals surface area contributed by atoms with E-state index in [1.807, 2.05) is 20.8 Å². The van der Waals surface area contributed by atoms with Gasteiger partial charge in [-0.05, 0) is 27.7 Å². The Morgan fingerprint density at radius 3 is 2.06 bits per heavy atom. The Bertz CT molecular complexity index is 302. The van der Waals surface area contributed by atoms with Gasteiger partial charge in [0.2, 0.25) is 5.91 Å². The molecule has 0 saturated carbocycles. The summed E-state index contributed by atoms with van der Waals surface area (Å²) in [6.45, 7) is 13.2. The highest BCUT2D eigenvalue weighted by Crippen LogP contribution is 2.22. The van der Waals surface area contributed by atoms with Crippen LogP contribution in [0.3, 0.4) is 0 Å². The van der Waals surface area contributed by atoms with Crippen LogP contribution >= 0.6 is 11.8 Å². The van der Waals surface area contributed by atoms with Gasteiger partial charge in [-0.3, -0.25) is 4.79 Å². The van der Waals surface area contributed by atoms with Crippen LogP contribution in [0.15, 0.2) is 0 Å². The van der Waals surface area contributed by atoms with E-state index in [2.05, 4.69) is 5.32 Å². The summed E-state index contributed by atoms with van der Waals surface area (Å²) in [5.41, 5.74) is -0.532. The molecule has 0 bridgehead atoms. The van der Waals surface area contributed by atoms with Gasteiger partial charge in [0.05, 0.1) is 5.75 Å². The van der Waals surface area contributed by atoms with Gasteiger partial charge in [-0.1, -0.05) is 20.8 Å². The first-order valence-electron chi connectivity index (χ1n) is 6.07. The number of rotatable bonds is 4. The molecule has 1 atom stereocenters. The van der Waals surface area contributed by atoms with E-state index in [0.717, 1.165) is 0 Å². The number of thioether (sulfide) groups is 1. The van der Waals surface area contributed by atoms with Crippen molar-refractivity contribution in [3.63, 3.8) is 0 Å². The van der Waals surface area contributed by atoms with Gasteiger partial charge >= 0.3 is 5.97 Å². The van der Waals surface area contributed by atoms with Gasteiger partial charge < -0.3 is 10.1 Å². The second kappa shape index (κ2) is 6.45. The molecule has 4 nitrogen and oxygen atoms in total. The van der Waals surface area contributed by atoms with Gasteiger partial charge in [-0.25, -0.2) is 4.79 Å². The van der Waals surface area contributed by atoms with Crippen LogP contribution in [0.25, 0.3) is 0 Å². The number of carbonyl (C=O) groups excluding carboxylic acids is 2. The summed E-state index contributed by atoms with van der Waals surface area (Å²) in [4.78, 5) is 23.3. The first kappa shape index (κ1) is 17.3. The van der Waals surface area contributed by atoms with Crippen LogP contribution in [-0.2, 0) is 14.3 Å². The van der Waals surface area contributed by atoms with Crippen molar-refractivity contribution in [2.24, 2.45) is 0 Å². The predicted octanol–water partition coefficient (Wildman–Crippen LogP) is 2.36. The summed E-state index contributed by atoms with van der Waals surface area (Å²) in [7, 11) is 0. The van der Waals surface area contributed by atoms with Gasteiger partial charge in [0.1, 0.15) is 11.6 Å². The molecule has 0 aliphatic heterocycles. The third-order valence-electron chi connectivity index (χ3n) is 1.77. The highest BCUT2D eigenvalue weighted by atomic mass is 32.2.